The van der Waals surface area contributed by atoms with E-state index in [0.29, 0.717) is 6.42 Å². The molecule has 92 valence electrons. The zero-order valence-corrected chi connectivity index (χ0v) is 10.7. The van der Waals surface area contributed by atoms with E-state index >= 15 is 0 Å². The Morgan fingerprint density at radius 2 is 2.06 bits per heavy atom. The lowest BCUT2D eigenvalue weighted by Gasteiger charge is -2.15. The molecule has 3 heteroatoms. The molecule has 0 N–H and O–H groups in total. The highest BCUT2D eigenvalue weighted by atomic mass is 16.1. The number of carbonyl (C=O) groups is 1. The molecule has 1 aliphatic carbocycles. The molecular formula is C15H16N2O. The number of fused-ring (bicyclic) bond motifs is 1. The third-order valence-electron chi connectivity index (χ3n) is 3.51. The second-order valence-electron chi connectivity index (χ2n) is 4.90. The van der Waals surface area contributed by atoms with Crippen LogP contribution in [0.4, 0.5) is 0 Å². The summed E-state index contributed by atoms with van der Waals surface area (Å²) in [6.07, 6.45) is 2.59. The van der Waals surface area contributed by atoms with Gasteiger partial charge in [-0.3, -0.25) is 4.79 Å². The van der Waals surface area contributed by atoms with Crippen molar-refractivity contribution in [3.8, 4) is 5.82 Å². The fourth-order valence-electron chi connectivity index (χ4n) is 2.70. The summed E-state index contributed by atoms with van der Waals surface area (Å²) in [6, 6.07) is 7.99. The van der Waals surface area contributed by atoms with Crippen molar-refractivity contribution in [1.82, 2.24) is 9.55 Å². The van der Waals surface area contributed by atoms with Crippen molar-refractivity contribution in [1.29, 1.82) is 0 Å². The smallest absolute Gasteiger partial charge is 0.164 e. The number of rotatable bonds is 1. The van der Waals surface area contributed by atoms with Gasteiger partial charge in [0.05, 0.1) is 0 Å². The van der Waals surface area contributed by atoms with Crippen LogP contribution in [0.25, 0.3) is 5.82 Å². The van der Waals surface area contributed by atoms with Gasteiger partial charge in [0.1, 0.15) is 5.82 Å². The number of Topliss-reactive ketones (excluding diaryl/α,β-unsaturated/α-hetero) is 1. The fourth-order valence-corrected chi connectivity index (χ4v) is 2.70. The van der Waals surface area contributed by atoms with Crippen LogP contribution >= 0.6 is 0 Å². The largest absolute Gasteiger partial charge is 0.302 e. The van der Waals surface area contributed by atoms with E-state index in [0.717, 1.165) is 41.3 Å². The monoisotopic (exact) mass is 240 g/mol. The SMILES string of the molecule is Cc1cccc(-n2c(C)cc3c2CCCC3=O)n1. The van der Waals surface area contributed by atoms with Crippen LogP contribution in [-0.2, 0) is 6.42 Å². The van der Waals surface area contributed by atoms with Gasteiger partial charge in [0.15, 0.2) is 5.78 Å². The zero-order valence-electron chi connectivity index (χ0n) is 10.7. The Hall–Kier alpha value is -1.90. The Morgan fingerprint density at radius 1 is 1.22 bits per heavy atom. The van der Waals surface area contributed by atoms with Crippen molar-refractivity contribution in [3.63, 3.8) is 0 Å². The van der Waals surface area contributed by atoms with E-state index in [2.05, 4.69) is 9.55 Å². The quantitative estimate of drug-likeness (QED) is 0.768. The Balaban J connectivity index is 2.21. The molecule has 0 amide bonds. The minimum absolute atomic E-state index is 0.269. The van der Waals surface area contributed by atoms with E-state index < -0.39 is 0 Å². The van der Waals surface area contributed by atoms with Gasteiger partial charge in [0, 0.05) is 29.1 Å². The molecule has 0 unspecified atom stereocenters. The standard InChI is InChI=1S/C15H16N2O/c1-10-5-3-8-15(16-10)17-11(2)9-12-13(17)6-4-7-14(12)18/h3,5,8-9H,4,6-7H2,1-2H3. The minimum Gasteiger partial charge on any atom is -0.302 e. The molecule has 0 aromatic carbocycles. The molecule has 0 bridgehead atoms. The van der Waals surface area contributed by atoms with E-state index in [4.69, 9.17) is 0 Å². The molecule has 2 heterocycles. The molecular weight excluding hydrogens is 224 g/mol. The molecule has 1 aliphatic rings. The van der Waals surface area contributed by atoms with Gasteiger partial charge in [-0.25, -0.2) is 4.98 Å². The van der Waals surface area contributed by atoms with Gasteiger partial charge in [-0.15, -0.1) is 0 Å². The minimum atomic E-state index is 0.269. The number of aromatic nitrogens is 2. The first-order valence-electron chi connectivity index (χ1n) is 6.35. The zero-order chi connectivity index (χ0) is 12.7. The lowest BCUT2D eigenvalue weighted by molar-refractivity contribution is 0.0972. The van der Waals surface area contributed by atoms with Crippen molar-refractivity contribution in [2.24, 2.45) is 0 Å². The Kier molecular flexibility index (Phi) is 2.54. The average Bonchev–Trinajstić information content (AvgIpc) is 2.67. The summed E-state index contributed by atoms with van der Waals surface area (Å²) in [4.78, 5) is 16.5. The summed E-state index contributed by atoms with van der Waals surface area (Å²) in [5.41, 5.74) is 4.11. The van der Waals surface area contributed by atoms with Gasteiger partial charge in [-0.05, 0) is 44.9 Å². The van der Waals surface area contributed by atoms with Crippen molar-refractivity contribution < 1.29 is 4.79 Å². The first-order chi connectivity index (χ1) is 8.66. The summed E-state index contributed by atoms with van der Waals surface area (Å²) in [5, 5.41) is 0. The van der Waals surface area contributed by atoms with Crippen LogP contribution in [0.2, 0.25) is 0 Å². The summed E-state index contributed by atoms with van der Waals surface area (Å²) >= 11 is 0. The number of pyridine rings is 1. The first-order valence-corrected chi connectivity index (χ1v) is 6.35. The normalized spacial score (nSPS) is 14.7. The maximum Gasteiger partial charge on any atom is 0.164 e. The molecule has 0 fully saturated rings. The molecule has 0 spiro atoms. The molecule has 0 radical (unpaired) electrons. The molecule has 0 saturated carbocycles. The highest BCUT2D eigenvalue weighted by Crippen LogP contribution is 2.27. The lowest BCUT2D eigenvalue weighted by Crippen LogP contribution is -2.13. The van der Waals surface area contributed by atoms with Gasteiger partial charge in [-0.2, -0.15) is 0 Å². The highest BCUT2D eigenvalue weighted by Gasteiger charge is 2.23. The number of hydrogen-bond acceptors (Lipinski definition) is 2. The summed E-state index contributed by atoms with van der Waals surface area (Å²) in [6.45, 7) is 4.02. The molecule has 3 nitrogen and oxygen atoms in total. The Bertz CT molecular complexity index is 625. The van der Waals surface area contributed by atoms with Crippen molar-refractivity contribution >= 4 is 5.78 Å². The van der Waals surface area contributed by atoms with Gasteiger partial charge in [0.2, 0.25) is 0 Å². The highest BCUT2D eigenvalue weighted by molar-refractivity contribution is 5.98. The molecule has 3 rings (SSSR count). The van der Waals surface area contributed by atoms with Crippen LogP contribution in [0.5, 0.6) is 0 Å². The number of ketones is 1. The molecule has 0 atom stereocenters. The van der Waals surface area contributed by atoms with Crippen LogP contribution in [0.15, 0.2) is 24.3 Å². The van der Waals surface area contributed by atoms with Crippen molar-refractivity contribution in [2.45, 2.75) is 33.1 Å². The summed E-state index contributed by atoms with van der Waals surface area (Å²) in [5.74, 6) is 1.19. The predicted molar refractivity (Wildman–Crippen MR) is 70.3 cm³/mol. The molecule has 0 saturated heterocycles. The van der Waals surface area contributed by atoms with Crippen molar-refractivity contribution in [3.05, 3.63) is 46.9 Å². The van der Waals surface area contributed by atoms with Crippen molar-refractivity contribution in [2.75, 3.05) is 0 Å². The van der Waals surface area contributed by atoms with Crippen LogP contribution in [0.1, 0.15) is 40.3 Å². The third-order valence-corrected chi connectivity index (χ3v) is 3.51. The third kappa shape index (κ3) is 1.67. The van der Waals surface area contributed by atoms with E-state index in [1.807, 2.05) is 38.1 Å². The number of hydrogen-bond donors (Lipinski definition) is 0. The van der Waals surface area contributed by atoms with Gasteiger partial charge in [0.25, 0.3) is 0 Å². The Labute approximate surface area is 106 Å². The van der Waals surface area contributed by atoms with Crippen LogP contribution in [0, 0.1) is 13.8 Å². The van der Waals surface area contributed by atoms with E-state index in [1.165, 1.54) is 0 Å². The van der Waals surface area contributed by atoms with Gasteiger partial charge < -0.3 is 4.57 Å². The van der Waals surface area contributed by atoms with E-state index in [-0.39, 0.29) is 5.78 Å². The lowest BCUT2D eigenvalue weighted by atomic mass is 9.97. The Morgan fingerprint density at radius 3 is 2.83 bits per heavy atom. The first kappa shape index (κ1) is 11.2. The second-order valence-corrected chi connectivity index (χ2v) is 4.90. The number of carbonyl (C=O) groups excluding carboxylic acids is 1. The van der Waals surface area contributed by atoms with Crippen LogP contribution < -0.4 is 0 Å². The molecule has 18 heavy (non-hydrogen) atoms. The van der Waals surface area contributed by atoms with E-state index in [1.54, 1.807) is 0 Å². The van der Waals surface area contributed by atoms with Gasteiger partial charge in [-0.1, -0.05) is 6.07 Å². The molecule has 2 aromatic rings. The fraction of sp³-hybridized carbons (Fsp3) is 0.333. The number of aryl methyl sites for hydroxylation is 2. The predicted octanol–water partition coefficient (Wildman–Crippen LogP) is 3.01. The van der Waals surface area contributed by atoms with E-state index in [9.17, 15) is 4.79 Å². The maximum absolute atomic E-state index is 11.9. The average molecular weight is 240 g/mol. The maximum atomic E-state index is 11.9. The summed E-state index contributed by atoms with van der Waals surface area (Å²) in [7, 11) is 0. The molecule has 2 aromatic heterocycles. The van der Waals surface area contributed by atoms with Crippen LogP contribution in [-0.4, -0.2) is 15.3 Å². The summed E-state index contributed by atoms with van der Waals surface area (Å²) < 4.78 is 2.12. The van der Waals surface area contributed by atoms with Crippen LogP contribution in [0.3, 0.4) is 0 Å². The molecule has 0 aliphatic heterocycles. The number of nitrogens with zero attached hydrogens (tertiary/aromatic N) is 2. The topological polar surface area (TPSA) is 34.9 Å². The van der Waals surface area contributed by atoms with Gasteiger partial charge >= 0.3 is 0 Å². The second kappa shape index (κ2) is 4.09.